The third-order valence-electron chi connectivity index (χ3n) is 3.24. The van der Waals surface area contributed by atoms with E-state index >= 15 is 0 Å². The third-order valence-corrected chi connectivity index (χ3v) is 4.25. The van der Waals surface area contributed by atoms with E-state index in [1.54, 1.807) is 11.3 Å². The van der Waals surface area contributed by atoms with Gasteiger partial charge in [0, 0.05) is 30.1 Å². The summed E-state index contributed by atoms with van der Waals surface area (Å²) in [6.07, 6.45) is 5.08. The summed E-state index contributed by atoms with van der Waals surface area (Å²) in [4.78, 5) is 4.28. The molecule has 4 heteroatoms. The van der Waals surface area contributed by atoms with Crippen molar-refractivity contribution < 1.29 is 4.39 Å². The van der Waals surface area contributed by atoms with Gasteiger partial charge in [-0.05, 0) is 12.8 Å². The normalized spacial score (nSPS) is 27.9. The fourth-order valence-corrected chi connectivity index (χ4v) is 2.91. The highest BCUT2D eigenvalue weighted by atomic mass is 32.1. The summed E-state index contributed by atoms with van der Waals surface area (Å²) in [7, 11) is 0. The van der Waals surface area contributed by atoms with Gasteiger partial charge >= 0.3 is 0 Å². The van der Waals surface area contributed by atoms with Crippen LogP contribution in [0, 0.1) is 0 Å². The van der Waals surface area contributed by atoms with Crippen molar-refractivity contribution in [2.24, 2.45) is 0 Å². The van der Waals surface area contributed by atoms with Crippen molar-refractivity contribution in [3.05, 3.63) is 16.6 Å². The van der Waals surface area contributed by atoms with Crippen molar-refractivity contribution in [1.82, 2.24) is 10.3 Å². The molecule has 0 radical (unpaired) electrons. The van der Waals surface area contributed by atoms with Crippen molar-refractivity contribution in [3.8, 4) is 0 Å². The molecule has 1 N–H and O–H groups in total. The Kier molecular flexibility index (Phi) is 4.29. The maximum absolute atomic E-state index is 13.6. The lowest BCUT2D eigenvalue weighted by atomic mass is 9.93. The number of hydrogen-bond acceptors (Lipinski definition) is 3. The molecule has 1 saturated carbocycles. The summed E-state index contributed by atoms with van der Waals surface area (Å²) in [5.41, 5.74) is 0. The molecule has 3 atom stereocenters. The smallest absolute Gasteiger partial charge is 0.115 e. The van der Waals surface area contributed by atoms with Gasteiger partial charge in [-0.1, -0.05) is 19.8 Å². The summed E-state index contributed by atoms with van der Waals surface area (Å²) >= 11 is 1.67. The molecule has 2 rings (SSSR count). The summed E-state index contributed by atoms with van der Waals surface area (Å²) in [6.45, 7) is 2.97. The van der Waals surface area contributed by atoms with Gasteiger partial charge < -0.3 is 5.32 Å². The number of nitrogens with zero attached hydrogens (tertiary/aromatic N) is 1. The number of hydrogen-bond donors (Lipinski definition) is 1. The van der Waals surface area contributed by atoms with Gasteiger partial charge in [0.1, 0.15) is 6.17 Å². The van der Waals surface area contributed by atoms with Gasteiger partial charge in [-0.2, -0.15) is 0 Å². The zero-order chi connectivity index (χ0) is 11.4. The second-order valence-electron chi connectivity index (χ2n) is 4.59. The zero-order valence-corrected chi connectivity index (χ0v) is 10.5. The second-order valence-corrected chi connectivity index (χ2v) is 5.51. The summed E-state index contributed by atoms with van der Waals surface area (Å²) in [5.74, 6) is 0.383. The lowest BCUT2D eigenvalue weighted by Gasteiger charge is -2.27. The third kappa shape index (κ3) is 3.01. The maximum atomic E-state index is 13.6. The van der Waals surface area contributed by atoms with Crippen LogP contribution in [0.4, 0.5) is 4.39 Å². The van der Waals surface area contributed by atoms with Crippen LogP contribution < -0.4 is 5.32 Å². The van der Waals surface area contributed by atoms with E-state index in [-0.39, 0.29) is 6.04 Å². The van der Waals surface area contributed by atoms with Crippen LogP contribution in [0.1, 0.15) is 43.5 Å². The molecular formula is C12H19FN2S. The van der Waals surface area contributed by atoms with Gasteiger partial charge in [-0.3, -0.25) is 0 Å². The molecule has 16 heavy (non-hydrogen) atoms. The van der Waals surface area contributed by atoms with Gasteiger partial charge in [0.05, 0.1) is 5.01 Å². The minimum atomic E-state index is -0.655. The van der Waals surface area contributed by atoms with Crippen LogP contribution in [0.15, 0.2) is 11.6 Å². The number of nitrogens with one attached hydrogen (secondary N) is 1. The summed E-state index contributed by atoms with van der Waals surface area (Å²) in [6, 6.07) is 0.0659. The molecule has 0 bridgehead atoms. The lowest BCUT2D eigenvalue weighted by molar-refractivity contribution is 0.188. The van der Waals surface area contributed by atoms with E-state index in [9.17, 15) is 4.39 Å². The highest BCUT2D eigenvalue weighted by Crippen LogP contribution is 2.22. The SMILES string of the molecule is CC(CNC1CCCCC1F)c1nccs1. The summed E-state index contributed by atoms with van der Waals surface area (Å²) in [5, 5.41) is 6.48. The zero-order valence-electron chi connectivity index (χ0n) is 9.66. The van der Waals surface area contributed by atoms with E-state index < -0.39 is 6.17 Å². The van der Waals surface area contributed by atoms with Crippen molar-refractivity contribution in [3.63, 3.8) is 0 Å². The van der Waals surface area contributed by atoms with E-state index in [0.29, 0.717) is 5.92 Å². The van der Waals surface area contributed by atoms with Crippen LogP contribution >= 0.6 is 11.3 Å². The average Bonchev–Trinajstić information content (AvgIpc) is 2.81. The Labute approximate surface area is 100 Å². The van der Waals surface area contributed by atoms with Crippen LogP contribution in [-0.4, -0.2) is 23.7 Å². The van der Waals surface area contributed by atoms with E-state index in [1.165, 1.54) is 0 Å². The molecule has 90 valence electrons. The van der Waals surface area contributed by atoms with E-state index in [4.69, 9.17) is 0 Å². The molecule has 2 nitrogen and oxygen atoms in total. The van der Waals surface area contributed by atoms with Crippen molar-refractivity contribution in [2.45, 2.75) is 50.7 Å². The predicted molar refractivity (Wildman–Crippen MR) is 65.7 cm³/mol. The highest BCUT2D eigenvalue weighted by molar-refractivity contribution is 7.09. The van der Waals surface area contributed by atoms with Crippen molar-refractivity contribution in [2.75, 3.05) is 6.54 Å². The number of alkyl halides is 1. The van der Waals surface area contributed by atoms with Gasteiger partial charge in [0.25, 0.3) is 0 Å². The van der Waals surface area contributed by atoms with E-state index in [2.05, 4.69) is 17.2 Å². The number of thiazole rings is 1. The molecule has 1 aromatic rings. The molecular weight excluding hydrogens is 223 g/mol. The Bertz CT molecular complexity index is 302. The molecule has 0 saturated heterocycles. The van der Waals surface area contributed by atoms with Crippen LogP contribution in [0.2, 0.25) is 0 Å². The first-order valence-electron chi connectivity index (χ1n) is 6.04. The van der Waals surface area contributed by atoms with Crippen molar-refractivity contribution in [1.29, 1.82) is 0 Å². The lowest BCUT2D eigenvalue weighted by Crippen LogP contribution is -2.41. The highest BCUT2D eigenvalue weighted by Gasteiger charge is 2.24. The van der Waals surface area contributed by atoms with Crippen LogP contribution in [-0.2, 0) is 0 Å². The predicted octanol–water partition coefficient (Wildman–Crippen LogP) is 3.12. The Morgan fingerprint density at radius 1 is 1.56 bits per heavy atom. The van der Waals surface area contributed by atoms with E-state index in [0.717, 1.165) is 37.2 Å². The van der Waals surface area contributed by atoms with Crippen LogP contribution in [0.5, 0.6) is 0 Å². The molecule has 0 amide bonds. The second kappa shape index (κ2) is 5.73. The Hall–Kier alpha value is -0.480. The van der Waals surface area contributed by atoms with E-state index in [1.807, 2.05) is 11.6 Å². The minimum absolute atomic E-state index is 0.0659. The number of rotatable bonds is 4. The Balaban J connectivity index is 1.78. The maximum Gasteiger partial charge on any atom is 0.115 e. The fourth-order valence-electron chi connectivity index (χ4n) is 2.21. The van der Waals surface area contributed by atoms with Crippen molar-refractivity contribution >= 4 is 11.3 Å². The molecule has 1 aromatic heterocycles. The van der Waals surface area contributed by atoms with Gasteiger partial charge in [-0.15, -0.1) is 11.3 Å². The molecule has 0 aliphatic heterocycles. The average molecular weight is 242 g/mol. The molecule has 1 aliphatic carbocycles. The Morgan fingerprint density at radius 3 is 3.06 bits per heavy atom. The molecule has 0 spiro atoms. The quantitative estimate of drug-likeness (QED) is 0.877. The first-order valence-corrected chi connectivity index (χ1v) is 6.92. The topological polar surface area (TPSA) is 24.9 Å². The Morgan fingerprint density at radius 2 is 2.38 bits per heavy atom. The molecule has 1 fully saturated rings. The summed E-state index contributed by atoms with van der Waals surface area (Å²) < 4.78 is 13.6. The van der Waals surface area contributed by atoms with Crippen LogP contribution in [0.25, 0.3) is 0 Å². The fraction of sp³-hybridized carbons (Fsp3) is 0.750. The number of halogens is 1. The standard InChI is InChI=1S/C12H19FN2S/c1-9(12-14-6-7-16-12)8-15-11-5-3-2-4-10(11)13/h6-7,9-11,15H,2-5,8H2,1H3. The molecule has 1 heterocycles. The van der Waals surface area contributed by atoms with Gasteiger partial charge in [0.2, 0.25) is 0 Å². The van der Waals surface area contributed by atoms with Gasteiger partial charge in [0.15, 0.2) is 0 Å². The monoisotopic (exact) mass is 242 g/mol. The first kappa shape index (κ1) is 12.0. The number of aromatic nitrogens is 1. The van der Waals surface area contributed by atoms with Gasteiger partial charge in [-0.25, -0.2) is 9.37 Å². The largest absolute Gasteiger partial charge is 0.310 e. The minimum Gasteiger partial charge on any atom is -0.310 e. The molecule has 3 unspecified atom stereocenters. The molecule has 1 aliphatic rings. The molecule has 0 aromatic carbocycles. The first-order chi connectivity index (χ1) is 7.77. The van der Waals surface area contributed by atoms with Crippen LogP contribution in [0.3, 0.4) is 0 Å².